The molecule has 2 aromatic rings. The molecule has 0 aromatic heterocycles. The van der Waals surface area contributed by atoms with Crippen LogP contribution in [0.3, 0.4) is 0 Å². The first-order chi connectivity index (χ1) is 14.5. The number of piperazine rings is 1. The van der Waals surface area contributed by atoms with Crippen molar-refractivity contribution in [2.45, 2.75) is 32.7 Å². The molecule has 1 amide bonds. The summed E-state index contributed by atoms with van der Waals surface area (Å²) in [4.78, 5) is 28.0. The van der Waals surface area contributed by atoms with Crippen LogP contribution in [0.1, 0.15) is 42.1 Å². The molecule has 0 bridgehead atoms. The van der Waals surface area contributed by atoms with Gasteiger partial charge in [0.25, 0.3) is 0 Å². The zero-order valence-corrected chi connectivity index (χ0v) is 17.2. The minimum Gasteiger partial charge on any atom is -0.478 e. The van der Waals surface area contributed by atoms with Gasteiger partial charge >= 0.3 is 5.97 Å². The number of nitrogens with one attached hydrogen (secondary N) is 1. The van der Waals surface area contributed by atoms with Gasteiger partial charge in [0.15, 0.2) is 0 Å². The highest BCUT2D eigenvalue weighted by Gasteiger charge is 2.21. The zero-order valence-electron chi connectivity index (χ0n) is 17.2. The van der Waals surface area contributed by atoms with Crippen molar-refractivity contribution in [3.8, 4) is 0 Å². The van der Waals surface area contributed by atoms with Crippen molar-refractivity contribution in [2.75, 3.05) is 36.4 Å². The van der Waals surface area contributed by atoms with Crippen molar-refractivity contribution in [3.05, 3.63) is 59.4 Å². The second kappa shape index (κ2) is 10.2. The van der Waals surface area contributed by atoms with E-state index in [0.29, 0.717) is 18.7 Å². The van der Waals surface area contributed by atoms with Crippen molar-refractivity contribution in [1.82, 2.24) is 4.90 Å². The summed E-state index contributed by atoms with van der Waals surface area (Å²) in [6, 6.07) is 11.5. The quantitative estimate of drug-likeness (QED) is 0.685. The summed E-state index contributed by atoms with van der Waals surface area (Å²) in [5, 5.41) is 12.2. The van der Waals surface area contributed by atoms with E-state index in [-0.39, 0.29) is 17.3 Å². The van der Waals surface area contributed by atoms with Gasteiger partial charge in [-0.05, 0) is 42.3 Å². The number of benzene rings is 2. The molecule has 160 valence electrons. The highest BCUT2D eigenvalue weighted by Crippen LogP contribution is 2.29. The Labute approximate surface area is 176 Å². The number of anilines is 2. The molecule has 1 fully saturated rings. The molecule has 6 nitrogen and oxygen atoms in total. The van der Waals surface area contributed by atoms with Crippen LogP contribution in [-0.4, -0.2) is 48.1 Å². The fourth-order valence-electron chi connectivity index (χ4n) is 3.64. The number of unbranched alkanes of at least 4 members (excludes halogenated alkanes) is 1. The second-order valence-corrected chi connectivity index (χ2v) is 7.58. The molecule has 1 aliphatic heterocycles. The Hall–Kier alpha value is -2.93. The Kier molecular flexibility index (Phi) is 7.41. The molecule has 1 aliphatic rings. The van der Waals surface area contributed by atoms with Crippen LogP contribution in [0.5, 0.6) is 0 Å². The number of carbonyl (C=O) groups is 2. The fraction of sp³-hybridized carbons (Fsp3) is 0.391. The lowest BCUT2D eigenvalue weighted by atomic mass is 10.1. The summed E-state index contributed by atoms with van der Waals surface area (Å²) >= 11 is 0. The zero-order chi connectivity index (χ0) is 21.5. The smallest absolute Gasteiger partial charge is 0.335 e. The maximum Gasteiger partial charge on any atom is 0.335 e. The maximum atomic E-state index is 13.4. The number of carbonyl (C=O) groups excluding carboxylic acids is 1. The van der Waals surface area contributed by atoms with Crippen LogP contribution < -0.4 is 10.2 Å². The summed E-state index contributed by atoms with van der Waals surface area (Å²) in [5.74, 6) is -1.36. The molecule has 7 heteroatoms. The molecule has 1 heterocycles. The van der Waals surface area contributed by atoms with E-state index in [1.165, 1.54) is 12.1 Å². The number of carboxylic acids is 1. The largest absolute Gasteiger partial charge is 0.478 e. The van der Waals surface area contributed by atoms with E-state index in [2.05, 4.69) is 15.1 Å². The fourth-order valence-corrected chi connectivity index (χ4v) is 3.64. The lowest BCUT2D eigenvalue weighted by molar-refractivity contribution is -0.116. The average molecular weight is 413 g/mol. The molecule has 0 aliphatic carbocycles. The Morgan fingerprint density at radius 3 is 2.53 bits per heavy atom. The van der Waals surface area contributed by atoms with Crippen molar-refractivity contribution in [2.24, 2.45) is 0 Å². The number of hydrogen-bond donors (Lipinski definition) is 2. The van der Waals surface area contributed by atoms with Gasteiger partial charge in [-0.15, -0.1) is 0 Å². The van der Waals surface area contributed by atoms with Gasteiger partial charge in [-0.3, -0.25) is 9.69 Å². The number of amides is 1. The lowest BCUT2D eigenvalue weighted by Gasteiger charge is -2.37. The lowest BCUT2D eigenvalue weighted by Crippen LogP contribution is -2.46. The Morgan fingerprint density at radius 2 is 1.87 bits per heavy atom. The summed E-state index contributed by atoms with van der Waals surface area (Å²) in [7, 11) is 0. The van der Waals surface area contributed by atoms with Gasteiger partial charge in [-0.25, -0.2) is 9.18 Å². The van der Waals surface area contributed by atoms with Crippen LogP contribution in [0.4, 0.5) is 15.8 Å². The van der Waals surface area contributed by atoms with Crippen LogP contribution in [0, 0.1) is 5.82 Å². The van der Waals surface area contributed by atoms with E-state index < -0.39 is 5.97 Å². The molecule has 30 heavy (non-hydrogen) atoms. The Bertz CT molecular complexity index is 895. The van der Waals surface area contributed by atoms with E-state index in [1.54, 1.807) is 24.3 Å². The minimum absolute atomic E-state index is 0.106. The van der Waals surface area contributed by atoms with Gasteiger partial charge in [0.2, 0.25) is 5.91 Å². The Morgan fingerprint density at radius 1 is 1.10 bits per heavy atom. The molecular weight excluding hydrogens is 385 g/mol. The van der Waals surface area contributed by atoms with E-state index >= 15 is 0 Å². The van der Waals surface area contributed by atoms with E-state index in [4.69, 9.17) is 0 Å². The second-order valence-electron chi connectivity index (χ2n) is 7.58. The van der Waals surface area contributed by atoms with E-state index in [1.807, 2.05) is 13.0 Å². The molecule has 2 N–H and O–H groups in total. The van der Waals surface area contributed by atoms with Crippen LogP contribution in [0.15, 0.2) is 42.5 Å². The predicted octanol–water partition coefficient (Wildman–Crippen LogP) is 3.97. The molecule has 1 saturated heterocycles. The first-order valence-electron chi connectivity index (χ1n) is 10.3. The maximum absolute atomic E-state index is 13.4. The molecule has 0 spiro atoms. The highest BCUT2D eigenvalue weighted by atomic mass is 19.1. The molecule has 3 rings (SSSR count). The van der Waals surface area contributed by atoms with Crippen LogP contribution in [0.25, 0.3) is 0 Å². The van der Waals surface area contributed by atoms with Crippen LogP contribution >= 0.6 is 0 Å². The number of carboxylic acid groups (broad SMARTS) is 1. The summed E-state index contributed by atoms with van der Waals surface area (Å²) in [5.41, 5.74) is 2.46. The number of nitrogens with zero attached hydrogens (tertiary/aromatic N) is 2. The molecule has 0 saturated carbocycles. The minimum atomic E-state index is -1.02. The van der Waals surface area contributed by atoms with Gasteiger partial charge in [-0.2, -0.15) is 0 Å². The molecule has 2 aromatic carbocycles. The van der Waals surface area contributed by atoms with Crippen molar-refractivity contribution in [1.29, 1.82) is 0 Å². The topological polar surface area (TPSA) is 72.9 Å². The summed E-state index contributed by atoms with van der Waals surface area (Å²) in [6.45, 7) is 5.76. The highest BCUT2D eigenvalue weighted by molar-refractivity contribution is 5.97. The average Bonchev–Trinajstić information content (AvgIpc) is 2.73. The normalized spacial score (nSPS) is 14.5. The van der Waals surface area contributed by atoms with Crippen molar-refractivity contribution < 1.29 is 19.1 Å². The molecule has 0 radical (unpaired) electrons. The monoisotopic (exact) mass is 413 g/mol. The Balaban J connectivity index is 1.69. The first kappa shape index (κ1) is 21.8. The van der Waals surface area contributed by atoms with Gasteiger partial charge in [0.05, 0.1) is 16.9 Å². The van der Waals surface area contributed by atoms with Gasteiger partial charge in [0.1, 0.15) is 5.82 Å². The number of hydrogen-bond acceptors (Lipinski definition) is 4. The van der Waals surface area contributed by atoms with Crippen LogP contribution in [-0.2, 0) is 11.3 Å². The molecule has 0 atom stereocenters. The molecular formula is C23H28FN3O3. The third kappa shape index (κ3) is 5.79. The number of aromatic carboxylic acids is 1. The first-order valence-corrected chi connectivity index (χ1v) is 10.3. The van der Waals surface area contributed by atoms with Gasteiger partial charge in [0, 0.05) is 39.1 Å². The standard InChI is InChI=1S/C23H28FN3O3/c1-2-3-7-22(28)25-20-15-18(23(29)30)8-9-21(20)27-12-10-26(11-13-27)16-17-5-4-6-19(24)14-17/h4-6,8-9,14-15H,2-3,7,10-13,16H2,1H3,(H,25,28)(H,29,30). The summed E-state index contributed by atoms with van der Waals surface area (Å²) < 4.78 is 13.4. The van der Waals surface area contributed by atoms with Crippen molar-refractivity contribution >= 4 is 23.3 Å². The predicted molar refractivity (Wildman–Crippen MR) is 115 cm³/mol. The van der Waals surface area contributed by atoms with E-state index in [9.17, 15) is 19.1 Å². The summed E-state index contributed by atoms with van der Waals surface area (Å²) in [6.07, 6.45) is 2.12. The van der Waals surface area contributed by atoms with Gasteiger partial charge in [-0.1, -0.05) is 25.5 Å². The third-order valence-corrected chi connectivity index (χ3v) is 5.28. The molecule has 0 unspecified atom stereocenters. The third-order valence-electron chi connectivity index (χ3n) is 5.28. The SMILES string of the molecule is CCCCC(=O)Nc1cc(C(=O)O)ccc1N1CCN(Cc2cccc(F)c2)CC1. The van der Waals surface area contributed by atoms with Crippen molar-refractivity contribution in [3.63, 3.8) is 0 Å². The van der Waals surface area contributed by atoms with Crippen LogP contribution in [0.2, 0.25) is 0 Å². The number of rotatable bonds is 8. The number of halogens is 1. The van der Waals surface area contributed by atoms with E-state index in [0.717, 1.165) is 50.3 Å². The van der Waals surface area contributed by atoms with Gasteiger partial charge < -0.3 is 15.3 Å².